The van der Waals surface area contributed by atoms with Crippen LogP contribution in [0.2, 0.25) is 0 Å². The predicted octanol–water partition coefficient (Wildman–Crippen LogP) is 0.454. The Hall–Kier alpha value is -2.57. The van der Waals surface area contributed by atoms with Gasteiger partial charge in [-0.25, -0.2) is 9.78 Å². The van der Waals surface area contributed by atoms with Gasteiger partial charge in [-0.2, -0.15) is 0 Å². The summed E-state index contributed by atoms with van der Waals surface area (Å²) >= 11 is 0. The molecule has 2 aromatic heterocycles. The number of aromatic nitrogens is 2. The number of methoxy groups -OCH3 is 1. The molecule has 0 aliphatic rings. The second-order valence-electron chi connectivity index (χ2n) is 3.54. The summed E-state index contributed by atoms with van der Waals surface area (Å²) < 4.78 is 5.77. The van der Waals surface area contributed by atoms with Crippen LogP contribution >= 0.6 is 0 Å². The number of pyridine rings is 1. The molecule has 0 fully saturated rings. The minimum Gasteiger partial charge on any atom is -0.494 e. The number of rotatable bonds is 3. The molecule has 2 heterocycles. The third-order valence-corrected chi connectivity index (χ3v) is 2.40. The molecule has 0 aromatic carbocycles. The molecule has 2 aromatic rings. The van der Waals surface area contributed by atoms with Crippen LogP contribution in [-0.2, 0) is 16.0 Å². The van der Waals surface area contributed by atoms with E-state index in [0.717, 1.165) is 0 Å². The Bertz CT molecular complexity index is 632. The smallest absolute Gasteiger partial charge is 0.358 e. The number of hydrogen-bond donors (Lipinski definition) is 2. The fourth-order valence-corrected chi connectivity index (χ4v) is 1.69. The summed E-state index contributed by atoms with van der Waals surface area (Å²) in [6, 6.07) is 4.45. The lowest BCUT2D eigenvalue weighted by molar-refractivity contribution is -0.136. The largest absolute Gasteiger partial charge is 0.494 e. The van der Waals surface area contributed by atoms with Crippen LogP contribution in [-0.4, -0.2) is 38.6 Å². The average Bonchev–Trinajstić information content (AvgIpc) is 2.68. The highest BCUT2D eigenvalue weighted by atomic mass is 16.5. The molecule has 7 heteroatoms. The lowest BCUT2D eigenvalue weighted by atomic mass is 10.3. The van der Waals surface area contributed by atoms with E-state index < -0.39 is 18.4 Å². The van der Waals surface area contributed by atoms with E-state index in [4.69, 9.17) is 5.11 Å². The Morgan fingerprint density at radius 2 is 2.17 bits per heavy atom. The second kappa shape index (κ2) is 4.36. The first-order valence-corrected chi connectivity index (χ1v) is 5.04. The molecule has 0 radical (unpaired) electrons. The molecule has 0 aliphatic carbocycles. The van der Waals surface area contributed by atoms with Crippen molar-refractivity contribution in [2.75, 3.05) is 7.11 Å². The molecule has 0 spiro atoms. The van der Waals surface area contributed by atoms with E-state index >= 15 is 0 Å². The lowest BCUT2D eigenvalue weighted by Crippen LogP contribution is -2.05. The van der Waals surface area contributed by atoms with Crippen LogP contribution in [0.15, 0.2) is 18.2 Å². The summed E-state index contributed by atoms with van der Waals surface area (Å²) in [6.07, 6.45) is -0.407. The molecule has 7 nitrogen and oxygen atoms in total. The van der Waals surface area contributed by atoms with Crippen LogP contribution < -0.4 is 0 Å². The first-order chi connectivity index (χ1) is 8.54. The van der Waals surface area contributed by atoms with Crippen molar-refractivity contribution >= 4 is 17.5 Å². The molecule has 0 saturated carbocycles. The van der Waals surface area contributed by atoms with E-state index in [0.29, 0.717) is 5.52 Å². The van der Waals surface area contributed by atoms with Gasteiger partial charge in [0.25, 0.3) is 0 Å². The second-order valence-corrected chi connectivity index (χ2v) is 3.54. The average molecular weight is 250 g/mol. The number of nitrogens with zero attached hydrogens (tertiary/aromatic N) is 2. The van der Waals surface area contributed by atoms with Gasteiger partial charge in [0.05, 0.1) is 12.6 Å². The first-order valence-electron chi connectivity index (χ1n) is 5.04. The van der Waals surface area contributed by atoms with E-state index in [1.54, 1.807) is 6.07 Å². The van der Waals surface area contributed by atoms with Crippen molar-refractivity contribution in [3.05, 3.63) is 29.7 Å². The molecule has 0 unspecified atom stereocenters. The molecule has 18 heavy (non-hydrogen) atoms. The van der Waals surface area contributed by atoms with Crippen LogP contribution in [0.3, 0.4) is 0 Å². The van der Waals surface area contributed by atoms with Crippen molar-refractivity contribution in [1.82, 2.24) is 9.38 Å². The Kier molecular flexibility index (Phi) is 2.88. The molecule has 0 saturated heterocycles. The molecular weight excluding hydrogens is 240 g/mol. The van der Waals surface area contributed by atoms with Crippen molar-refractivity contribution < 1.29 is 24.5 Å². The number of fused-ring (bicyclic) bond motifs is 1. The van der Waals surface area contributed by atoms with E-state index in [9.17, 15) is 14.7 Å². The lowest BCUT2D eigenvalue weighted by Gasteiger charge is -2.01. The van der Waals surface area contributed by atoms with Crippen molar-refractivity contribution in [3.63, 3.8) is 0 Å². The van der Waals surface area contributed by atoms with E-state index in [1.165, 1.54) is 23.6 Å². The quantitative estimate of drug-likeness (QED) is 0.767. The highest BCUT2D eigenvalue weighted by Crippen LogP contribution is 2.20. The molecule has 0 bridgehead atoms. The number of aliphatic carboxylic acids is 1. The van der Waals surface area contributed by atoms with Gasteiger partial charge >= 0.3 is 11.9 Å². The normalized spacial score (nSPS) is 10.5. The molecule has 2 N–H and O–H groups in total. The van der Waals surface area contributed by atoms with Gasteiger partial charge in [0, 0.05) is 0 Å². The van der Waals surface area contributed by atoms with Crippen molar-refractivity contribution in [2.45, 2.75) is 6.42 Å². The maximum Gasteiger partial charge on any atom is 0.358 e. The summed E-state index contributed by atoms with van der Waals surface area (Å²) in [4.78, 5) is 26.1. The van der Waals surface area contributed by atoms with Crippen LogP contribution in [0.1, 0.15) is 16.3 Å². The topological polar surface area (TPSA) is 101 Å². The summed E-state index contributed by atoms with van der Waals surface area (Å²) in [5, 5.41) is 18.5. The SMILES string of the molecule is COC(=O)c1nc(CC(=O)O)n2c(O)cccc12. The Morgan fingerprint density at radius 3 is 2.78 bits per heavy atom. The van der Waals surface area contributed by atoms with Gasteiger partial charge in [-0.05, 0) is 12.1 Å². The van der Waals surface area contributed by atoms with E-state index in [-0.39, 0.29) is 17.4 Å². The van der Waals surface area contributed by atoms with Gasteiger partial charge in [0.2, 0.25) is 0 Å². The fraction of sp³-hybridized carbons (Fsp3) is 0.182. The third-order valence-electron chi connectivity index (χ3n) is 2.40. The van der Waals surface area contributed by atoms with Crippen molar-refractivity contribution in [2.24, 2.45) is 0 Å². The molecule has 2 rings (SSSR count). The monoisotopic (exact) mass is 250 g/mol. The number of carbonyl (C=O) groups excluding carboxylic acids is 1. The van der Waals surface area contributed by atoms with E-state index in [2.05, 4.69) is 9.72 Å². The van der Waals surface area contributed by atoms with Crippen LogP contribution in [0.5, 0.6) is 5.88 Å². The fourth-order valence-electron chi connectivity index (χ4n) is 1.69. The van der Waals surface area contributed by atoms with Gasteiger partial charge in [0.15, 0.2) is 11.6 Å². The van der Waals surface area contributed by atoms with Gasteiger partial charge in [-0.1, -0.05) is 6.07 Å². The number of ether oxygens (including phenoxy) is 1. The highest BCUT2D eigenvalue weighted by Gasteiger charge is 2.20. The number of esters is 1. The number of carboxylic acid groups (broad SMARTS) is 1. The number of hydrogen-bond acceptors (Lipinski definition) is 5. The molecule has 94 valence electrons. The zero-order valence-electron chi connectivity index (χ0n) is 9.45. The van der Waals surface area contributed by atoms with E-state index in [1.807, 2.05) is 0 Å². The van der Waals surface area contributed by atoms with Gasteiger partial charge in [0.1, 0.15) is 12.2 Å². The molecule has 0 atom stereocenters. The Labute approximate surface area is 101 Å². The Balaban J connectivity index is 2.71. The van der Waals surface area contributed by atoms with Crippen molar-refractivity contribution in [1.29, 1.82) is 0 Å². The first kappa shape index (κ1) is 11.9. The highest BCUT2D eigenvalue weighted by molar-refractivity contribution is 5.95. The van der Waals surface area contributed by atoms with Crippen LogP contribution in [0.25, 0.3) is 5.52 Å². The summed E-state index contributed by atoms with van der Waals surface area (Å²) in [5.74, 6) is -1.92. The van der Waals surface area contributed by atoms with Gasteiger partial charge in [-0.3, -0.25) is 9.20 Å². The number of carbonyl (C=O) groups is 2. The van der Waals surface area contributed by atoms with Crippen molar-refractivity contribution in [3.8, 4) is 5.88 Å². The molecule has 0 aliphatic heterocycles. The standard InChI is InChI=1S/C11H10N2O5/c1-18-11(17)10-6-3-2-4-8(14)13(6)7(12-10)5-9(15)16/h2-4,14H,5H2,1H3,(H,15,16). The number of imidazole rings is 1. The minimum absolute atomic E-state index is 0.0235. The maximum absolute atomic E-state index is 11.5. The summed E-state index contributed by atoms with van der Waals surface area (Å²) in [7, 11) is 1.20. The minimum atomic E-state index is -1.11. The summed E-state index contributed by atoms with van der Waals surface area (Å²) in [6.45, 7) is 0. The number of carboxylic acids is 1. The predicted molar refractivity (Wildman–Crippen MR) is 59.5 cm³/mol. The number of aromatic hydroxyl groups is 1. The molecule has 0 amide bonds. The van der Waals surface area contributed by atoms with Gasteiger partial charge < -0.3 is 14.9 Å². The zero-order valence-corrected chi connectivity index (χ0v) is 9.45. The maximum atomic E-state index is 11.5. The van der Waals surface area contributed by atoms with Crippen LogP contribution in [0.4, 0.5) is 0 Å². The van der Waals surface area contributed by atoms with Crippen LogP contribution in [0, 0.1) is 0 Å². The zero-order chi connectivity index (χ0) is 13.3. The third kappa shape index (κ3) is 1.86. The Morgan fingerprint density at radius 1 is 1.44 bits per heavy atom. The molecular formula is C11H10N2O5. The van der Waals surface area contributed by atoms with Gasteiger partial charge in [-0.15, -0.1) is 0 Å². The summed E-state index contributed by atoms with van der Waals surface area (Å²) in [5.41, 5.74) is 0.280.